The highest BCUT2D eigenvalue weighted by molar-refractivity contribution is 7.94. The highest BCUT2D eigenvalue weighted by Crippen LogP contribution is 2.40. The highest BCUT2D eigenvalue weighted by atomic mass is 32.2. The van der Waals surface area contributed by atoms with E-state index in [2.05, 4.69) is 100.0 Å². The summed E-state index contributed by atoms with van der Waals surface area (Å²) in [6.07, 6.45) is 5.61. The van der Waals surface area contributed by atoms with Gasteiger partial charge < -0.3 is 19.4 Å². The summed E-state index contributed by atoms with van der Waals surface area (Å²) < 4.78 is 4.46. The number of rotatable bonds is 7. The summed E-state index contributed by atoms with van der Waals surface area (Å²) in [6.45, 7) is 6.25. The smallest absolute Gasteiger partial charge is 0.0998 e. The van der Waals surface area contributed by atoms with E-state index in [1.165, 1.54) is 0 Å². The molecule has 6 heteroatoms. The molecular weight excluding hydrogens is 643 g/mol. The molecule has 3 heterocycles. The first-order chi connectivity index (χ1) is 25.1. The summed E-state index contributed by atoms with van der Waals surface area (Å²) in [5.74, 6) is 0. The van der Waals surface area contributed by atoms with Crippen LogP contribution in [0.5, 0.6) is 0 Å². The molecule has 0 saturated carbocycles. The number of hydrogen-bond donors (Lipinski definition) is 0. The second-order valence-corrected chi connectivity index (χ2v) is 13.7. The lowest BCUT2D eigenvalue weighted by Gasteiger charge is -2.18. The maximum absolute atomic E-state index is 10.6. The molecule has 1 aliphatic rings. The summed E-state index contributed by atoms with van der Waals surface area (Å²) in [7, 11) is -0.721. The zero-order valence-corrected chi connectivity index (χ0v) is 28.7. The quantitative estimate of drug-likeness (QED) is 0.125. The first-order valence-electron chi connectivity index (χ1n) is 16.7. The Morgan fingerprint density at radius 2 is 1.41 bits per heavy atom. The molecule has 0 amide bonds. The number of benzene rings is 5. The Hall–Kier alpha value is -6.74. The van der Waals surface area contributed by atoms with Gasteiger partial charge in [-0.3, -0.25) is 0 Å². The Labute approximate surface area is 299 Å². The second kappa shape index (κ2) is 12.9. The summed E-state index contributed by atoms with van der Waals surface area (Å²) in [5.41, 5.74) is 12.0. The molecule has 0 N–H and O–H groups in total. The lowest BCUT2D eigenvalue weighted by Crippen LogP contribution is -2.04. The van der Waals surface area contributed by atoms with Crippen molar-refractivity contribution in [2.45, 2.75) is 19.8 Å². The van der Waals surface area contributed by atoms with Gasteiger partial charge in [0.15, 0.2) is 0 Å². The average Bonchev–Trinajstić information content (AvgIpc) is 3.69. The number of thiocyanates is 1. The van der Waals surface area contributed by atoms with Crippen LogP contribution < -0.4 is 0 Å². The Kier molecular flexibility index (Phi) is 8.00. The molecule has 2 aromatic heterocycles. The van der Waals surface area contributed by atoms with Crippen molar-refractivity contribution in [2.75, 3.05) is 0 Å². The summed E-state index contributed by atoms with van der Waals surface area (Å²) in [4.78, 5) is 0. The van der Waals surface area contributed by atoms with Crippen LogP contribution in [0.15, 0.2) is 121 Å². The number of nitrogens with zero attached hydrogens (tertiary/aromatic N) is 5. The van der Waals surface area contributed by atoms with Crippen molar-refractivity contribution >= 4 is 44.3 Å². The van der Waals surface area contributed by atoms with Crippen LogP contribution in [0.4, 0.5) is 0 Å². The number of fused-ring (bicyclic) bond motifs is 4. The number of aromatic nitrogens is 2. The van der Waals surface area contributed by atoms with Gasteiger partial charge in [-0.15, -0.1) is 0 Å². The van der Waals surface area contributed by atoms with E-state index in [4.69, 9.17) is 0 Å². The van der Waals surface area contributed by atoms with Gasteiger partial charge in [0.25, 0.3) is 0 Å². The highest BCUT2D eigenvalue weighted by Gasteiger charge is 2.22. The molecule has 1 aliphatic heterocycles. The van der Waals surface area contributed by atoms with Gasteiger partial charge in [-0.1, -0.05) is 98.8 Å². The van der Waals surface area contributed by atoms with E-state index in [-0.39, 0.29) is 0 Å². The largest absolute Gasteiger partial charge is 0.331 e. The lowest BCUT2D eigenvalue weighted by atomic mass is 9.90. The van der Waals surface area contributed by atoms with Crippen LogP contribution in [0.3, 0.4) is 0 Å². The van der Waals surface area contributed by atoms with Crippen molar-refractivity contribution in [1.82, 2.24) is 9.13 Å². The van der Waals surface area contributed by atoms with Crippen molar-refractivity contribution in [3.8, 4) is 56.4 Å². The predicted octanol–water partition coefficient (Wildman–Crippen LogP) is 10.6. The molecule has 51 heavy (non-hydrogen) atoms. The Morgan fingerprint density at radius 1 is 0.745 bits per heavy atom. The van der Waals surface area contributed by atoms with Gasteiger partial charge in [0.05, 0.1) is 45.7 Å². The molecule has 0 atom stereocenters. The van der Waals surface area contributed by atoms with E-state index in [9.17, 15) is 15.8 Å². The Morgan fingerprint density at radius 3 is 2.10 bits per heavy atom. The van der Waals surface area contributed by atoms with Crippen LogP contribution >= 0.6 is 0 Å². The first kappa shape index (κ1) is 31.5. The second-order valence-electron chi connectivity index (χ2n) is 12.3. The van der Waals surface area contributed by atoms with E-state index >= 15 is 0 Å². The van der Waals surface area contributed by atoms with Gasteiger partial charge in [-0.2, -0.15) is 15.9 Å². The SMILES string of the molecule is C=Cc1c2c(n(-c3cccc(-c4cc(C#N)c(-c5ccccc5-n5c6ccccc6c6ccccc65)cc4C#N)c3)c1CCC)C=C[S-](C#N)#C2. The van der Waals surface area contributed by atoms with Gasteiger partial charge in [0.2, 0.25) is 0 Å². The molecular formula is C45H30N5S-. The van der Waals surface area contributed by atoms with Crippen molar-refractivity contribution in [3.05, 3.63) is 155 Å². The van der Waals surface area contributed by atoms with Gasteiger partial charge in [0.1, 0.15) is 0 Å². The fraction of sp³-hybridized carbons (Fsp3) is 0.0667. The third kappa shape index (κ3) is 5.09. The molecule has 0 aliphatic carbocycles. The third-order valence-corrected chi connectivity index (χ3v) is 10.6. The first-order valence-corrected chi connectivity index (χ1v) is 18.0. The van der Waals surface area contributed by atoms with E-state index < -0.39 is 10.3 Å². The Bertz CT molecular complexity index is 2790. The molecule has 0 unspecified atom stereocenters. The molecule has 242 valence electrons. The van der Waals surface area contributed by atoms with Crippen molar-refractivity contribution < 1.29 is 0 Å². The molecule has 7 aromatic rings. The van der Waals surface area contributed by atoms with Crippen molar-refractivity contribution in [2.24, 2.45) is 0 Å². The minimum Gasteiger partial charge on any atom is -0.331 e. The molecule has 5 nitrogen and oxygen atoms in total. The Balaban J connectivity index is 1.31. The average molecular weight is 673 g/mol. The van der Waals surface area contributed by atoms with Crippen molar-refractivity contribution in [3.63, 3.8) is 0 Å². The van der Waals surface area contributed by atoms with Crippen LogP contribution in [0.25, 0.3) is 67.6 Å². The number of hydrogen-bond acceptors (Lipinski definition) is 4. The zero-order chi connectivity index (χ0) is 35.1. The normalized spacial score (nSPS) is 12.0. The van der Waals surface area contributed by atoms with E-state index in [0.29, 0.717) is 22.3 Å². The monoisotopic (exact) mass is 672 g/mol. The van der Waals surface area contributed by atoms with E-state index in [1.54, 1.807) is 0 Å². The summed E-state index contributed by atoms with van der Waals surface area (Å²) in [6, 6.07) is 41.5. The molecule has 0 saturated heterocycles. The van der Waals surface area contributed by atoms with Gasteiger partial charge in [0, 0.05) is 50.0 Å². The maximum atomic E-state index is 10.6. The third-order valence-electron chi connectivity index (χ3n) is 9.54. The number of para-hydroxylation sites is 3. The number of nitriles is 3. The topological polar surface area (TPSA) is 81.2 Å². The molecule has 8 rings (SSSR count). The fourth-order valence-corrected chi connectivity index (χ4v) is 8.26. The van der Waals surface area contributed by atoms with Gasteiger partial charge in [-0.25, -0.2) is 10.4 Å². The lowest BCUT2D eigenvalue weighted by molar-refractivity contribution is 0.838. The fourth-order valence-electron chi connectivity index (χ4n) is 7.39. The van der Waals surface area contributed by atoms with Gasteiger partial charge >= 0.3 is 0 Å². The minimum atomic E-state index is -0.721. The predicted molar refractivity (Wildman–Crippen MR) is 209 cm³/mol. The van der Waals surface area contributed by atoms with E-state index in [0.717, 1.165) is 79.7 Å². The molecule has 0 spiro atoms. The van der Waals surface area contributed by atoms with Crippen LogP contribution in [-0.4, -0.2) is 9.13 Å². The summed E-state index contributed by atoms with van der Waals surface area (Å²) >= 11 is 0. The molecule has 0 fully saturated rings. The van der Waals surface area contributed by atoms with Crippen LogP contribution in [0, 0.1) is 38.5 Å². The molecule has 0 bridgehead atoms. The minimum absolute atomic E-state index is 0.480. The van der Waals surface area contributed by atoms with Crippen molar-refractivity contribution in [1.29, 1.82) is 15.8 Å². The van der Waals surface area contributed by atoms with Crippen LogP contribution in [0.1, 0.15) is 47.0 Å². The zero-order valence-electron chi connectivity index (χ0n) is 27.9. The van der Waals surface area contributed by atoms with Crippen LogP contribution in [0.2, 0.25) is 0 Å². The van der Waals surface area contributed by atoms with Gasteiger partial charge in [-0.05, 0) is 59.9 Å². The van der Waals surface area contributed by atoms with Crippen LogP contribution in [-0.2, 0) is 16.7 Å². The maximum Gasteiger partial charge on any atom is 0.0998 e. The summed E-state index contributed by atoms with van der Waals surface area (Å²) in [5, 5.41) is 40.8. The molecule has 0 radical (unpaired) electrons. The van der Waals surface area contributed by atoms with E-state index in [1.807, 2.05) is 72.2 Å². The standard InChI is InChI=1S/C45H30N5S/c1-3-12-41-34(4-2)40-28-51(29-48)22-21-45(40)49(41)33-14-11-13-30(23-33)38-24-32(27-47)39(25-31(38)26-46)37-17-7-10-20-44(37)50-42-18-8-5-15-35(42)36-16-6-9-19-43(36)50/h4-11,13-25H,2-3,12H2,1H3/q-1. The molecule has 5 aromatic carbocycles.